The molecule has 0 spiro atoms. The van der Waals surface area contributed by atoms with Crippen molar-refractivity contribution >= 4 is 15.9 Å². The molecule has 2 rings (SSSR count). The van der Waals surface area contributed by atoms with Gasteiger partial charge in [-0.15, -0.1) is 0 Å². The summed E-state index contributed by atoms with van der Waals surface area (Å²) in [5, 5.41) is 1.20. The van der Waals surface area contributed by atoms with Gasteiger partial charge in [-0.1, -0.05) is 48.5 Å². The van der Waals surface area contributed by atoms with Crippen LogP contribution < -0.4 is 0 Å². The Morgan fingerprint density at radius 1 is 1.05 bits per heavy atom. The zero-order valence-electron chi connectivity index (χ0n) is 13.0. The number of hydrogen-bond donors (Lipinski definition) is 0. The van der Waals surface area contributed by atoms with E-state index in [1.165, 1.54) is 76.1 Å². The molecule has 0 radical (unpaired) electrons. The molecule has 0 heterocycles. The Hall–Kier alpha value is 0.440. The fraction of sp³-hybridized carbons (Fsp3) is 1.00. The average molecular weight is 330 g/mol. The summed E-state index contributed by atoms with van der Waals surface area (Å²) in [6, 6.07) is 0.862. The Morgan fingerprint density at radius 3 is 2.21 bits per heavy atom. The van der Waals surface area contributed by atoms with Crippen molar-refractivity contribution in [3.05, 3.63) is 0 Å². The molecule has 0 atom stereocenters. The molecule has 0 N–H and O–H groups in total. The molecule has 112 valence electrons. The lowest BCUT2D eigenvalue weighted by molar-refractivity contribution is 0.0890. The zero-order valence-corrected chi connectivity index (χ0v) is 14.6. The Morgan fingerprint density at radius 2 is 1.68 bits per heavy atom. The number of nitrogens with zero attached hydrogens (tertiary/aromatic N) is 1. The van der Waals surface area contributed by atoms with Gasteiger partial charge in [-0.3, -0.25) is 0 Å². The molecule has 2 aliphatic rings. The topological polar surface area (TPSA) is 3.24 Å². The summed E-state index contributed by atoms with van der Waals surface area (Å²) in [4.78, 5) is 2.71. The molecule has 2 heteroatoms. The molecule has 0 aromatic carbocycles. The minimum atomic E-state index is 0.578. The van der Waals surface area contributed by atoms with E-state index in [1.807, 2.05) is 0 Å². The standard InChI is InChI=1S/C17H32BrN/c1-3-15-7-9-16(10-8-15)19(2)14-17(13-18)11-5-4-6-12-17/h15-16H,3-14H2,1-2H3. The smallest absolute Gasteiger partial charge is 0.0100 e. The second-order valence-electron chi connectivity index (χ2n) is 7.19. The Labute approximate surface area is 128 Å². The third-order valence-electron chi connectivity index (χ3n) is 5.80. The summed E-state index contributed by atoms with van der Waals surface area (Å²) in [5.74, 6) is 1.02. The van der Waals surface area contributed by atoms with Crippen molar-refractivity contribution in [2.45, 2.75) is 77.2 Å². The SMILES string of the molecule is CCC1CCC(N(C)CC2(CBr)CCCCC2)CC1. The van der Waals surface area contributed by atoms with Crippen molar-refractivity contribution in [1.29, 1.82) is 0 Å². The van der Waals surface area contributed by atoms with E-state index < -0.39 is 0 Å². The highest BCUT2D eigenvalue weighted by Gasteiger charge is 2.34. The van der Waals surface area contributed by atoms with Crippen molar-refractivity contribution in [2.75, 3.05) is 18.9 Å². The van der Waals surface area contributed by atoms with Gasteiger partial charge in [0.2, 0.25) is 0 Å². The maximum Gasteiger partial charge on any atom is 0.0100 e. The average Bonchev–Trinajstić information content (AvgIpc) is 2.48. The van der Waals surface area contributed by atoms with E-state index in [0.29, 0.717) is 5.41 Å². The van der Waals surface area contributed by atoms with Crippen LogP contribution in [-0.2, 0) is 0 Å². The normalized spacial score (nSPS) is 31.6. The van der Waals surface area contributed by atoms with E-state index in [9.17, 15) is 0 Å². The quantitative estimate of drug-likeness (QED) is 0.624. The first kappa shape index (κ1) is 15.8. The van der Waals surface area contributed by atoms with Gasteiger partial charge in [0.05, 0.1) is 0 Å². The lowest BCUT2D eigenvalue weighted by Crippen LogP contribution is -2.44. The maximum atomic E-state index is 3.81. The van der Waals surface area contributed by atoms with Crippen LogP contribution in [0.5, 0.6) is 0 Å². The molecule has 2 fully saturated rings. The molecule has 0 aromatic rings. The highest BCUT2D eigenvalue weighted by atomic mass is 79.9. The lowest BCUT2D eigenvalue weighted by atomic mass is 9.74. The molecule has 0 bridgehead atoms. The molecule has 2 aliphatic carbocycles. The van der Waals surface area contributed by atoms with Crippen LogP contribution >= 0.6 is 15.9 Å². The second kappa shape index (κ2) is 7.45. The molecule has 1 nitrogen and oxygen atoms in total. The molecule has 0 unspecified atom stereocenters. The van der Waals surface area contributed by atoms with Gasteiger partial charge in [0.1, 0.15) is 0 Å². The first-order valence-electron chi connectivity index (χ1n) is 8.45. The largest absolute Gasteiger partial charge is 0.303 e. The monoisotopic (exact) mass is 329 g/mol. The molecule has 0 amide bonds. The number of hydrogen-bond acceptors (Lipinski definition) is 1. The van der Waals surface area contributed by atoms with Gasteiger partial charge < -0.3 is 4.90 Å². The van der Waals surface area contributed by atoms with Crippen LogP contribution in [-0.4, -0.2) is 29.9 Å². The van der Waals surface area contributed by atoms with Crippen LogP contribution in [0.1, 0.15) is 71.1 Å². The summed E-state index contributed by atoms with van der Waals surface area (Å²) >= 11 is 3.81. The van der Waals surface area contributed by atoms with Crippen molar-refractivity contribution in [3.63, 3.8) is 0 Å². The molecule has 19 heavy (non-hydrogen) atoms. The van der Waals surface area contributed by atoms with Gasteiger partial charge in [0.15, 0.2) is 0 Å². The van der Waals surface area contributed by atoms with Crippen LogP contribution in [0, 0.1) is 11.3 Å². The highest BCUT2D eigenvalue weighted by Crippen LogP contribution is 2.39. The number of halogens is 1. The van der Waals surface area contributed by atoms with Gasteiger partial charge >= 0.3 is 0 Å². The fourth-order valence-electron chi connectivity index (χ4n) is 4.29. The van der Waals surface area contributed by atoms with Crippen LogP contribution in [0.4, 0.5) is 0 Å². The van der Waals surface area contributed by atoms with Gasteiger partial charge in [-0.25, -0.2) is 0 Å². The Balaban J connectivity index is 1.84. The van der Waals surface area contributed by atoms with E-state index in [2.05, 4.69) is 34.8 Å². The molecular formula is C17H32BrN. The first-order chi connectivity index (χ1) is 9.19. The van der Waals surface area contributed by atoms with Gasteiger partial charge in [-0.2, -0.15) is 0 Å². The van der Waals surface area contributed by atoms with E-state index in [1.54, 1.807) is 0 Å². The highest BCUT2D eigenvalue weighted by molar-refractivity contribution is 9.09. The predicted molar refractivity (Wildman–Crippen MR) is 88.0 cm³/mol. The summed E-state index contributed by atoms with van der Waals surface area (Å²) in [5.41, 5.74) is 0.578. The molecule has 0 aliphatic heterocycles. The fourth-order valence-corrected chi connectivity index (χ4v) is 5.03. The van der Waals surface area contributed by atoms with E-state index in [4.69, 9.17) is 0 Å². The van der Waals surface area contributed by atoms with Gasteiger partial charge in [0.25, 0.3) is 0 Å². The van der Waals surface area contributed by atoms with Gasteiger partial charge in [0, 0.05) is 17.9 Å². The summed E-state index contributed by atoms with van der Waals surface area (Å²) in [6.07, 6.45) is 14.4. The lowest BCUT2D eigenvalue weighted by Gasteiger charge is -2.43. The first-order valence-corrected chi connectivity index (χ1v) is 9.57. The van der Waals surface area contributed by atoms with Crippen molar-refractivity contribution in [2.24, 2.45) is 11.3 Å². The molecule has 0 saturated heterocycles. The number of alkyl halides is 1. The summed E-state index contributed by atoms with van der Waals surface area (Å²) < 4.78 is 0. The van der Waals surface area contributed by atoms with Crippen molar-refractivity contribution in [3.8, 4) is 0 Å². The van der Waals surface area contributed by atoms with Crippen LogP contribution in [0.2, 0.25) is 0 Å². The zero-order chi connectivity index (χ0) is 13.7. The Kier molecular flexibility index (Phi) is 6.20. The van der Waals surface area contributed by atoms with E-state index in [-0.39, 0.29) is 0 Å². The molecule has 0 aromatic heterocycles. The van der Waals surface area contributed by atoms with Crippen LogP contribution in [0.25, 0.3) is 0 Å². The second-order valence-corrected chi connectivity index (χ2v) is 7.75. The predicted octanol–water partition coefficient (Wildman–Crippen LogP) is 5.23. The number of rotatable bonds is 5. The summed E-state index contributed by atoms with van der Waals surface area (Å²) in [7, 11) is 2.38. The maximum absolute atomic E-state index is 3.81. The summed E-state index contributed by atoms with van der Waals surface area (Å²) in [6.45, 7) is 3.68. The minimum absolute atomic E-state index is 0.578. The van der Waals surface area contributed by atoms with Gasteiger partial charge in [-0.05, 0) is 56.9 Å². The molecule has 2 saturated carbocycles. The van der Waals surface area contributed by atoms with Crippen molar-refractivity contribution < 1.29 is 0 Å². The van der Waals surface area contributed by atoms with E-state index in [0.717, 1.165) is 12.0 Å². The van der Waals surface area contributed by atoms with Crippen LogP contribution in [0.3, 0.4) is 0 Å². The molecular weight excluding hydrogens is 298 g/mol. The van der Waals surface area contributed by atoms with Crippen LogP contribution in [0.15, 0.2) is 0 Å². The minimum Gasteiger partial charge on any atom is -0.303 e. The Bertz CT molecular complexity index is 252. The third-order valence-corrected chi connectivity index (χ3v) is 6.99. The van der Waals surface area contributed by atoms with E-state index >= 15 is 0 Å². The van der Waals surface area contributed by atoms with Crippen molar-refractivity contribution in [1.82, 2.24) is 4.90 Å². The third kappa shape index (κ3) is 4.20.